The Labute approximate surface area is 323 Å². The van der Waals surface area contributed by atoms with Crippen LogP contribution in [-0.4, -0.2) is 39.3 Å². The number of nitrogens with one attached hydrogen (secondary N) is 1. The van der Waals surface area contributed by atoms with Gasteiger partial charge in [-0.05, 0) is 85.3 Å². The number of amides is 1. The molecule has 0 saturated carbocycles. The highest BCUT2D eigenvalue weighted by Crippen LogP contribution is 2.27. The van der Waals surface area contributed by atoms with Gasteiger partial charge in [-0.25, -0.2) is 22.4 Å². The minimum Gasteiger partial charge on any atom is -0.477 e. The minimum absolute atomic E-state index is 0.250. The number of halogens is 4. The number of aromatic carboxylic acids is 1. The van der Waals surface area contributed by atoms with E-state index in [4.69, 9.17) is 30.0 Å². The quantitative estimate of drug-likeness (QED) is 0.113. The Kier molecular flexibility index (Phi) is 18.0. The van der Waals surface area contributed by atoms with E-state index >= 15 is 0 Å². The van der Waals surface area contributed by atoms with E-state index in [-0.39, 0.29) is 12.3 Å². The van der Waals surface area contributed by atoms with Gasteiger partial charge in [-0.2, -0.15) is 19.2 Å². The molecule has 0 unspecified atom stereocenters. The second kappa shape index (κ2) is 22.6. The number of hydrogen-bond donors (Lipinski definition) is 3. The molecule has 0 aliphatic carbocycles. The van der Waals surface area contributed by atoms with Crippen LogP contribution in [0.5, 0.6) is 0 Å². The smallest absolute Gasteiger partial charge is 0.373 e. The fraction of sp³-hybridized carbons (Fsp3) is 0.0952. The average molecular weight is 783 g/mol. The van der Waals surface area contributed by atoms with Crippen LogP contribution in [0.25, 0.3) is 22.3 Å². The van der Waals surface area contributed by atoms with Crippen LogP contribution in [0.4, 0.5) is 28.9 Å². The van der Waals surface area contributed by atoms with E-state index in [2.05, 4.69) is 71.6 Å². The number of nitrogen functional groups attached to an aromatic ring is 1. The number of nitrogens with zero attached hydrogens (tertiary/aromatic N) is 2. The second-order valence-corrected chi connectivity index (χ2v) is 11.7. The van der Waals surface area contributed by atoms with Crippen LogP contribution >= 0.6 is 0 Å². The molecule has 0 radical (unpaired) electrons. The molecule has 15 heteroatoms. The van der Waals surface area contributed by atoms with Gasteiger partial charge in [0.15, 0.2) is 23.3 Å². The second-order valence-electron chi connectivity index (χ2n) is 11.7. The molecule has 0 aliphatic rings. The molecule has 2 heterocycles. The lowest BCUT2D eigenvalue weighted by atomic mass is 9.98. The predicted molar refractivity (Wildman–Crippen MR) is 200 cm³/mol. The molecule has 2 aromatic heterocycles. The summed E-state index contributed by atoms with van der Waals surface area (Å²) in [4.78, 5) is 61.2. The van der Waals surface area contributed by atoms with Crippen LogP contribution in [0.15, 0.2) is 110 Å². The number of hydrogen-bond acceptors (Lipinski definition) is 9. The number of benzene rings is 4. The van der Waals surface area contributed by atoms with Crippen molar-refractivity contribution < 1.29 is 51.4 Å². The Bertz CT molecular complexity index is 2330. The summed E-state index contributed by atoms with van der Waals surface area (Å²) in [5, 5.41) is 10.7. The average Bonchev–Trinajstić information content (AvgIpc) is 3.15. The number of pyridine rings is 2. The van der Waals surface area contributed by atoms with E-state index in [0.29, 0.717) is 18.1 Å². The number of carbonyl (C=O) groups excluding carboxylic acids is 5. The first-order valence-corrected chi connectivity index (χ1v) is 16.3. The van der Waals surface area contributed by atoms with Gasteiger partial charge in [-0.15, -0.1) is 0 Å². The molecule has 57 heavy (non-hydrogen) atoms. The van der Waals surface area contributed by atoms with Crippen molar-refractivity contribution in [3.05, 3.63) is 166 Å². The van der Waals surface area contributed by atoms with Crippen molar-refractivity contribution in [1.29, 1.82) is 0 Å². The standard InChI is InChI=1S/C20H16F2N2O.C14H15N.C6H3F2NO2.2CO2/c1-12-3-4-13(2)16(9-12)14-5-7-15(8-6-14)24-20(25)19-17(21)10-23-11-18(19)22;1-10-3-4-11(2)14(9-10)12-5-7-13(15)8-6-12;7-3-1-9-2-4(8)5(3)6(10)11;2*2-1-3/h3-11H,1-2H3,(H,24,25);3-9H,15H2,1-2H3;1-2H,(H,10,11);;. The zero-order valence-electron chi connectivity index (χ0n) is 30.8. The molecule has 0 atom stereocenters. The van der Waals surface area contributed by atoms with Gasteiger partial charge < -0.3 is 16.2 Å². The van der Waals surface area contributed by atoms with E-state index in [1.807, 2.05) is 44.2 Å². The monoisotopic (exact) mass is 782 g/mol. The van der Waals surface area contributed by atoms with Crippen molar-refractivity contribution in [1.82, 2.24) is 9.97 Å². The number of rotatable bonds is 5. The molecule has 0 bridgehead atoms. The highest BCUT2D eigenvalue weighted by atomic mass is 19.1. The summed E-state index contributed by atoms with van der Waals surface area (Å²) in [6.45, 7) is 8.29. The third-order valence-corrected chi connectivity index (χ3v) is 7.61. The van der Waals surface area contributed by atoms with Gasteiger partial charge in [0.1, 0.15) is 11.1 Å². The van der Waals surface area contributed by atoms with Crippen LogP contribution in [0.3, 0.4) is 0 Å². The van der Waals surface area contributed by atoms with Crippen LogP contribution < -0.4 is 11.1 Å². The molecule has 4 aromatic carbocycles. The van der Waals surface area contributed by atoms with Gasteiger partial charge in [-0.1, -0.05) is 71.8 Å². The Morgan fingerprint density at radius 1 is 0.579 bits per heavy atom. The van der Waals surface area contributed by atoms with Crippen LogP contribution in [0, 0.1) is 51.0 Å². The number of carboxylic acid groups (broad SMARTS) is 1. The maximum atomic E-state index is 13.6. The van der Waals surface area contributed by atoms with Gasteiger partial charge in [-0.3, -0.25) is 14.8 Å². The normalized spacial score (nSPS) is 9.47. The summed E-state index contributed by atoms with van der Waals surface area (Å²) in [6.07, 6.45) is 3.41. The summed E-state index contributed by atoms with van der Waals surface area (Å²) < 4.78 is 52.1. The first-order chi connectivity index (χ1) is 27.1. The highest BCUT2D eigenvalue weighted by molar-refractivity contribution is 6.04. The Balaban J connectivity index is 0.000000297. The van der Waals surface area contributed by atoms with Crippen molar-refractivity contribution in [3.63, 3.8) is 0 Å². The zero-order chi connectivity index (χ0) is 42.7. The van der Waals surface area contributed by atoms with E-state index in [1.54, 1.807) is 12.1 Å². The summed E-state index contributed by atoms with van der Waals surface area (Å²) in [5.74, 6) is -6.82. The van der Waals surface area contributed by atoms with Crippen molar-refractivity contribution in [2.75, 3.05) is 11.1 Å². The lowest BCUT2D eigenvalue weighted by Gasteiger charge is -2.10. The maximum Gasteiger partial charge on any atom is 0.373 e. The molecule has 0 spiro atoms. The number of anilines is 2. The van der Waals surface area contributed by atoms with Crippen LogP contribution in [0.2, 0.25) is 0 Å². The number of nitrogens with two attached hydrogens (primary N) is 1. The van der Waals surface area contributed by atoms with E-state index in [0.717, 1.165) is 40.3 Å². The SMILES string of the molecule is Cc1ccc(C)c(-c2ccc(N)cc2)c1.Cc1ccc(C)c(-c2ccc(NC(=O)c3c(F)cncc3F)cc2)c1.O=C(O)c1c(F)cncc1F.O=C=O.O=C=O. The van der Waals surface area contributed by atoms with Crippen LogP contribution in [-0.2, 0) is 19.2 Å². The van der Waals surface area contributed by atoms with E-state index in [1.165, 1.54) is 22.3 Å². The van der Waals surface area contributed by atoms with Crippen LogP contribution in [0.1, 0.15) is 43.0 Å². The summed E-state index contributed by atoms with van der Waals surface area (Å²) in [7, 11) is 0. The fourth-order valence-corrected chi connectivity index (χ4v) is 4.93. The summed E-state index contributed by atoms with van der Waals surface area (Å²) in [5.41, 5.74) is 14.8. The molecular formula is C42H34F4N4O7. The molecule has 0 saturated heterocycles. The summed E-state index contributed by atoms with van der Waals surface area (Å²) in [6, 6.07) is 27.8. The van der Waals surface area contributed by atoms with Gasteiger partial charge in [0.2, 0.25) is 0 Å². The molecule has 1 amide bonds. The van der Waals surface area contributed by atoms with Crippen molar-refractivity contribution in [3.8, 4) is 22.3 Å². The number of aryl methyl sites for hydroxylation is 4. The number of aromatic nitrogens is 2. The molecular weight excluding hydrogens is 748 g/mol. The Hall–Kier alpha value is -7.60. The Morgan fingerprint density at radius 2 is 0.930 bits per heavy atom. The van der Waals surface area contributed by atoms with Crippen molar-refractivity contribution in [2.24, 2.45) is 0 Å². The highest BCUT2D eigenvalue weighted by Gasteiger charge is 2.18. The van der Waals surface area contributed by atoms with Gasteiger partial charge >= 0.3 is 18.3 Å². The largest absolute Gasteiger partial charge is 0.477 e. The molecule has 292 valence electrons. The summed E-state index contributed by atoms with van der Waals surface area (Å²) >= 11 is 0. The maximum absolute atomic E-state index is 13.6. The molecule has 6 aromatic rings. The number of carbonyl (C=O) groups is 2. The molecule has 11 nitrogen and oxygen atoms in total. The minimum atomic E-state index is -1.64. The lowest BCUT2D eigenvalue weighted by Crippen LogP contribution is -2.16. The van der Waals surface area contributed by atoms with Gasteiger partial charge in [0.25, 0.3) is 5.91 Å². The third kappa shape index (κ3) is 14.0. The third-order valence-electron chi connectivity index (χ3n) is 7.61. The molecule has 0 aliphatic heterocycles. The predicted octanol–water partition coefficient (Wildman–Crippen LogP) is 8.34. The van der Waals surface area contributed by atoms with Gasteiger partial charge in [0.05, 0.1) is 24.8 Å². The fourth-order valence-electron chi connectivity index (χ4n) is 4.93. The number of carboxylic acids is 1. The first kappa shape index (κ1) is 45.6. The zero-order valence-corrected chi connectivity index (χ0v) is 30.8. The Morgan fingerprint density at radius 3 is 1.28 bits per heavy atom. The lowest BCUT2D eigenvalue weighted by molar-refractivity contribution is -0.193. The first-order valence-electron chi connectivity index (χ1n) is 16.3. The topological polar surface area (TPSA) is 186 Å². The van der Waals surface area contributed by atoms with E-state index in [9.17, 15) is 27.2 Å². The van der Waals surface area contributed by atoms with Crippen molar-refractivity contribution in [2.45, 2.75) is 27.7 Å². The molecule has 0 fully saturated rings. The molecule has 6 rings (SSSR count). The molecule has 4 N–H and O–H groups in total. The van der Waals surface area contributed by atoms with E-state index < -0.39 is 46.3 Å². The van der Waals surface area contributed by atoms with Gasteiger partial charge in [0, 0.05) is 11.4 Å². The van der Waals surface area contributed by atoms with Crippen molar-refractivity contribution >= 4 is 35.6 Å².